The van der Waals surface area contributed by atoms with E-state index in [-0.39, 0.29) is 18.3 Å². The van der Waals surface area contributed by atoms with Crippen LogP contribution in [-0.4, -0.2) is 61.2 Å². The van der Waals surface area contributed by atoms with Crippen LogP contribution < -0.4 is 24.3 Å². The van der Waals surface area contributed by atoms with E-state index in [1.54, 1.807) is 31.8 Å². The quantitative estimate of drug-likeness (QED) is 0.130. The molecule has 0 spiro atoms. The molecule has 0 aliphatic heterocycles. The summed E-state index contributed by atoms with van der Waals surface area (Å²) in [6.45, 7) is 7.46. The Labute approximate surface area is 313 Å². The van der Waals surface area contributed by atoms with Crippen molar-refractivity contribution < 1.29 is 23.7 Å². The summed E-state index contributed by atoms with van der Waals surface area (Å²) in [6, 6.07) is 27.3. The van der Waals surface area contributed by atoms with Gasteiger partial charge in [0.1, 0.15) is 40.9 Å². The number of nitrogens with zero attached hydrogens (tertiary/aromatic N) is 7. The second-order valence-corrected chi connectivity index (χ2v) is 12.7. The molecule has 0 bridgehead atoms. The number of carbonyl (C=O) groups is 1. The van der Waals surface area contributed by atoms with Crippen LogP contribution in [0.15, 0.2) is 91.1 Å². The molecular formula is C41H42N8O5. The van der Waals surface area contributed by atoms with Gasteiger partial charge < -0.3 is 24.3 Å². The highest BCUT2D eigenvalue weighted by atomic mass is 16.5. The molecule has 4 aromatic heterocycles. The van der Waals surface area contributed by atoms with Crippen LogP contribution in [0.5, 0.6) is 23.0 Å². The van der Waals surface area contributed by atoms with Crippen molar-refractivity contribution in [1.82, 2.24) is 39.2 Å². The minimum atomic E-state index is -0.363. The smallest absolute Gasteiger partial charge is 0.287 e. The third-order valence-electron chi connectivity index (χ3n) is 9.19. The third-order valence-corrected chi connectivity index (χ3v) is 9.19. The summed E-state index contributed by atoms with van der Waals surface area (Å²) in [6.07, 6.45) is 1.89. The average Bonchev–Trinajstić information content (AvgIpc) is 3.88. The number of amides is 1. The SMILES string of the molecule is CCn1nc(C)c(OCc2ccccc2)c1-c1nnc(-c2nc(C(=O)NCc3ccc(OC)cc3OC)n3cc(C)ccc23)n1Cc1ccc(OC)cc1. The number of aryl methyl sites for hydroxylation is 3. The van der Waals surface area contributed by atoms with Gasteiger partial charge in [-0.3, -0.25) is 18.4 Å². The van der Waals surface area contributed by atoms with Crippen LogP contribution in [-0.2, 0) is 26.2 Å². The molecule has 54 heavy (non-hydrogen) atoms. The van der Waals surface area contributed by atoms with Gasteiger partial charge in [-0.05, 0) is 67.8 Å². The first kappa shape index (κ1) is 35.8. The number of carbonyl (C=O) groups excluding carboxylic acids is 1. The highest BCUT2D eigenvalue weighted by molar-refractivity contribution is 5.94. The fourth-order valence-electron chi connectivity index (χ4n) is 6.40. The minimum absolute atomic E-state index is 0.207. The van der Waals surface area contributed by atoms with Gasteiger partial charge in [-0.2, -0.15) is 5.10 Å². The second-order valence-electron chi connectivity index (χ2n) is 12.7. The monoisotopic (exact) mass is 726 g/mol. The molecule has 1 N–H and O–H groups in total. The van der Waals surface area contributed by atoms with Gasteiger partial charge in [0.25, 0.3) is 5.91 Å². The molecule has 3 aromatic carbocycles. The summed E-state index contributed by atoms with van der Waals surface area (Å²) in [5, 5.41) is 17.4. The molecule has 0 saturated heterocycles. The van der Waals surface area contributed by atoms with Crippen molar-refractivity contribution in [2.24, 2.45) is 0 Å². The van der Waals surface area contributed by atoms with E-state index in [2.05, 4.69) is 5.32 Å². The topological polar surface area (TPSA) is 132 Å². The predicted octanol–water partition coefficient (Wildman–Crippen LogP) is 6.68. The van der Waals surface area contributed by atoms with Crippen molar-refractivity contribution in [3.05, 3.63) is 125 Å². The summed E-state index contributed by atoms with van der Waals surface area (Å²) in [5.41, 5.74) is 6.39. The van der Waals surface area contributed by atoms with E-state index in [4.69, 9.17) is 39.2 Å². The Bertz CT molecular complexity index is 2410. The number of methoxy groups -OCH3 is 3. The Hall–Kier alpha value is -6.63. The first-order valence-electron chi connectivity index (χ1n) is 17.6. The maximum absolute atomic E-state index is 14.0. The van der Waals surface area contributed by atoms with Gasteiger partial charge in [0.15, 0.2) is 17.4 Å². The Morgan fingerprint density at radius 1 is 0.815 bits per heavy atom. The summed E-state index contributed by atoms with van der Waals surface area (Å²) in [4.78, 5) is 18.9. The van der Waals surface area contributed by atoms with Gasteiger partial charge in [0, 0.05) is 30.9 Å². The number of nitrogens with one attached hydrogen (secondary N) is 1. The summed E-state index contributed by atoms with van der Waals surface area (Å²) < 4.78 is 28.5. The molecule has 0 radical (unpaired) electrons. The molecule has 7 aromatic rings. The average molecular weight is 727 g/mol. The van der Waals surface area contributed by atoms with E-state index in [1.807, 2.05) is 115 Å². The van der Waals surface area contributed by atoms with Crippen molar-refractivity contribution in [3.63, 3.8) is 0 Å². The molecule has 13 nitrogen and oxygen atoms in total. The number of benzene rings is 3. The van der Waals surface area contributed by atoms with Gasteiger partial charge in [-0.25, -0.2) is 4.98 Å². The Kier molecular flexibility index (Phi) is 10.3. The summed E-state index contributed by atoms with van der Waals surface area (Å²) >= 11 is 0. The van der Waals surface area contributed by atoms with Gasteiger partial charge in [-0.1, -0.05) is 48.5 Å². The van der Waals surface area contributed by atoms with E-state index in [0.29, 0.717) is 65.5 Å². The van der Waals surface area contributed by atoms with Gasteiger partial charge in [0.2, 0.25) is 5.82 Å². The maximum Gasteiger partial charge on any atom is 0.287 e. The molecule has 0 aliphatic carbocycles. The van der Waals surface area contributed by atoms with Crippen molar-refractivity contribution >= 4 is 11.4 Å². The largest absolute Gasteiger partial charge is 0.497 e. The lowest BCUT2D eigenvalue weighted by Crippen LogP contribution is -2.25. The van der Waals surface area contributed by atoms with Gasteiger partial charge in [-0.15, -0.1) is 10.2 Å². The number of fused-ring (bicyclic) bond motifs is 1. The first-order chi connectivity index (χ1) is 26.3. The van der Waals surface area contributed by atoms with Gasteiger partial charge in [0.05, 0.1) is 33.4 Å². The van der Waals surface area contributed by atoms with E-state index >= 15 is 0 Å². The second kappa shape index (κ2) is 15.5. The molecule has 0 atom stereocenters. The van der Waals surface area contributed by atoms with Crippen LogP contribution in [0.4, 0.5) is 0 Å². The number of hydrogen-bond acceptors (Lipinski definition) is 9. The van der Waals surface area contributed by atoms with Crippen molar-refractivity contribution in [2.75, 3.05) is 21.3 Å². The van der Waals surface area contributed by atoms with E-state index < -0.39 is 0 Å². The number of pyridine rings is 1. The van der Waals surface area contributed by atoms with Gasteiger partial charge >= 0.3 is 0 Å². The molecule has 4 heterocycles. The van der Waals surface area contributed by atoms with Crippen LogP contribution in [0, 0.1) is 13.8 Å². The van der Waals surface area contributed by atoms with E-state index in [0.717, 1.165) is 33.7 Å². The van der Waals surface area contributed by atoms with Crippen molar-refractivity contribution in [2.45, 2.75) is 47.0 Å². The summed E-state index contributed by atoms with van der Waals surface area (Å²) in [5.74, 6) is 3.51. The minimum Gasteiger partial charge on any atom is -0.497 e. The molecule has 276 valence electrons. The number of rotatable bonds is 14. The molecule has 0 unspecified atom stereocenters. The molecular weight excluding hydrogens is 685 g/mol. The zero-order valence-electron chi connectivity index (χ0n) is 31.2. The van der Waals surface area contributed by atoms with Crippen LogP contribution in [0.25, 0.3) is 28.6 Å². The van der Waals surface area contributed by atoms with Crippen LogP contribution in [0.2, 0.25) is 0 Å². The predicted molar refractivity (Wildman–Crippen MR) is 204 cm³/mol. The van der Waals surface area contributed by atoms with Crippen LogP contribution in [0.1, 0.15) is 45.5 Å². The first-order valence-corrected chi connectivity index (χ1v) is 17.6. The third kappa shape index (κ3) is 7.07. The lowest BCUT2D eigenvalue weighted by atomic mass is 10.2. The normalized spacial score (nSPS) is 11.1. The maximum atomic E-state index is 14.0. The number of hydrogen-bond donors (Lipinski definition) is 1. The highest BCUT2D eigenvalue weighted by Gasteiger charge is 2.29. The van der Waals surface area contributed by atoms with Crippen LogP contribution in [0.3, 0.4) is 0 Å². The number of aromatic nitrogens is 7. The van der Waals surface area contributed by atoms with E-state index in [9.17, 15) is 4.79 Å². The lowest BCUT2D eigenvalue weighted by Gasteiger charge is -2.13. The molecule has 7 rings (SSSR count). The molecule has 1 amide bonds. The molecule has 0 fully saturated rings. The number of ether oxygens (including phenoxy) is 4. The number of imidazole rings is 1. The fraction of sp³-hybridized carbons (Fsp3) is 0.244. The van der Waals surface area contributed by atoms with Crippen LogP contribution >= 0.6 is 0 Å². The fourth-order valence-corrected chi connectivity index (χ4v) is 6.40. The Morgan fingerprint density at radius 2 is 1.56 bits per heavy atom. The van der Waals surface area contributed by atoms with E-state index in [1.165, 1.54) is 0 Å². The molecule has 13 heteroatoms. The van der Waals surface area contributed by atoms with Crippen molar-refractivity contribution in [3.8, 4) is 46.0 Å². The zero-order chi connectivity index (χ0) is 37.8. The summed E-state index contributed by atoms with van der Waals surface area (Å²) in [7, 11) is 4.82. The Balaban J connectivity index is 1.33. The molecule has 0 aliphatic rings. The Morgan fingerprint density at radius 3 is 2.28 bits per heavy atom. The highest BCUT2D eigenvalue weighted by Crippen LogP contribution is 2.36. The zero-order valence-corrected chi connectivity index (χ0v) is 31.2. The standard InChI is InChI=1S/C41H42N8O5/c1-7-49-36(37(27(3)46-49)54-25-29-11-9-8-10-12-29)39-45-44-38(48(39)24-28-14-17-31(51-4)18-15-28)35-33-20-13-26(2)23-47(33)40(43-35)41(50)42-22-30-16-19-32(52-5)21-34(30)53-6/h8-21,23H,7,22,24-25H2,1-6H3,(H,42,50). The molecule has 0 saturated carbocycles. The lowest BCUT2D eigenvalue weighted by molar-refractivity contribution is 0.0939. The van der Waals surface area contributed by atoms with Crippen molar-refractivity contribution in [1.29, 1.82) is 0 Å².